The Morgan fingerprint density at radius 1 is 0.939 bits per heavy atom. The normalized spacial score (nSPS) is 16.0. The molecule has 4 rings (SSSR count). The van der Waals surface area contributed by atoms with E-state index < -0.39 is 5.60 Å². The van der Waals surface area contributed by atoms with E-state index in [-0.39, 0.29) is 18.8 Å². The number of allylic oxidation sites excluding steroid dienone is 1. The zero-order valence-corrected chi connectivity index (χ0v) is 19.7. The van der Waals surface area contributed by atoms with Gasteiger partial charge in [0.05, 0.1) is 0 Å². The number of carbonyl (C=O) groups excluding carboxylic acids is 2. The Bertz CT molecular complexity index is 1040. The highest BCUT2D eigenvalue weighted by molar-refractivity contribution is 5.75. The predicted octanol–water partition coefficient (Wildman–Crippen LogP) is 5.75. The lowest BCUT2D eigenvalue weighted by Gasteiger charge is -2.30. The zero-order chi connectivity index (χ0) is 23.4. The van der Waals surface area contributed by atoms with Crippen LogP contribution in [0.1, 0.15) is 55.9 Å². The first kappa shape index (κ1) is 22.9. The Balaban J connectivity index is 1.40. The van der Waals surface area contributed by atoms with E-state index in [0.717, 1.165) is 41.5 Å². The van der Waals surface area contributed by atoms with Gasteiger partial charge in [0.1, 0.15) is 12.2 Å². The van der Waals surface area contributed by atoms with Crippen LogP contribution >= 0.6 is 0 Å². The lowest BCUT2D eigenvalue weighted by atomic mass is 9.92. The van der Waals surface area contributed by atoms with E-state index in [4.69, 9.17) is 9.47 Å². The molecule has 0 radical (unpaired) electrons. The lowest BCUT2D eigenvalue weighted by molar-refractivity contribution is 0.0329. The number of benzene rings is 2. The summed E-state index contributed by atoms with van der Waals surface area (Å²) in [5, 5.41) is 0. The van der Waals surface area contributed by atoms with Crippen LogP contribution in [0.15, 0.2) is 54.7 Å². The third-order valence-corrected chi connectivity index (χ3v) is 5.84. The van der Waals surface area contributed by atoms with Crippen LogP contribution < -0.4 is 0 Å². The van der Waals surface area contributed by atoms with Gasteiger partial charge in [-0.15, -0.1) is 0 Å². The molecule has 0 bridgehead atoms. The first-order chi connectivity index (χ1) is 15.8. The van der Waals surface area contributed by atoms with Gasteiger partial charge in [0.25, 0.3) is 0 Å². The second kappa shape index (κ2) is 9.69. The Labute approximate surface area is 195 Å². The molecule has 0 N–H and O–H groups in total. The zero-order valence-electron chi connectivity index (χ0n) is 19.7. The number of hydrogen-bond acceptors (Lipinski definition) is 4. The molecule has 2 amide bonds. The summed E-state index contributed by atoms with van der Waals surface area (Å²) < 4.78 is 11.0. The van der Waals surface area contributed by atoms with Crippen LogP contribution in [0, 0.1) is 0 Å². The van der Waals surface area contributed by atoms with E-state index in [9.17, 15) is 9.59 Å². The summed E-state index contributed by atoms with van der Waals surface area (Å²) in [4.78, 5) is 28.5. The fourth-order valence-corrected chi connectivity index (χ4v) is 4.16. The van der Waals surface area contributed by atoms with Gasteiger partial charge in [-0.05, 0) is 67.9 Å². The molecule has 0 spiro atoms. The van der Waals surface area contributed by atoms with Gasteiger partial charge in [-0.25, -0.2) is 9.59 Å². The molecule has 2 aromatic carbocycles. The quantitative estimate of drug-likeness (QED) is 0.600. The molecule has 33 heavy (non-hydrogen) atoms. The number of nitrogens with zero attached hydrogens (tertiary/aromatic N) is 2. The molecule has 2 heterocycles. The van der Waals surface area contributed by atoms with Gasteiger partial charge >= 0.3 is 12.2 Å². The summed E-state index contributed by atoms with van der Waals surface area (Å²) in [6.45, 7) is 7.77. The van der Waals surface area contributed by atoms with Crippen molar-refractivity contribution in [3.8, 4) is 0 Å². The van der Waals surface area contributed by atoms with Crippen LogP contribution in [0.25, 0.3) is 5.57 Å². The number of rotatable bonds is 3. The Hall–Kier alpha value is -3.28. The predicted molar refractivity (Wildman–Crippen MR) is 127 cm³/mol. The highest BCUT2D eigenvalue weighted by Gasteiger charge is 2.25. The number of amides is 2. The van der Waals surface area contributed by atoms with Crippen LogP contribution in [0.2, 0.25) is 0 Å². The topological polar surface area (TPSA) is 59.1 Å². The van der Waals surface area contributed by atoms with Gasteiger partial charge < -0.3 is 14.4 Å². The van der Waals surface area contributed by atoms with Gasteiger partial charge in [0.2, 0.25) is 0 Å². The number of hydrogen-bond donors (Lipinski definition) is 0. The van der Waals surface area contributed by atoms with Crippen LogP contribution in [0.3, 0.4) is 0 Å². The van der Waals surface area contributed by atoms with Crippen molar-refractivity contribution in [3.05, 3.63) is 77.0 Å². The van der Waals surface area contributed by atoms with Gasteiger partial charge in [-0.1, -0.05) is 48.5 Å². The molecule has 0 unspecified atom stereocenters. The molecule has 0 saturated heterocycles. The molecule has 0 atom stereocenters. The molecule has 0 aromatic heterocycles. The first-order valence-corrected chi connectivity index (χ1v) is 11.6. The van der Waals surface area contributed by atoms with Crippen molar-refractivity contribution in [1.29, 1.82) is 0 Å². The van der Waals surface area contributed by atoms with Crippen molar-refractivity contribution < 1.29 is 19.1 Å². The smallest absolute Gasteiger partial charge is 0.414 e. The van der Waals surface area contributed by atoms with E-state index in [0.29, 0.717) is 19.6 Å². The van der Waals surface area contributed by atoms with E-state index >= 15 is 0 Å². The van der Waals surface area contributed by atoms with Crippen molar-refractivity contribution in [1.82, 2.24) is 9.80 Å². The third kappa shape index (κ3) is 5.95. The highest BCUT2D eigenvalue weighted by Crippen LogP contribution is 2.29. The Morgan fingerprint density at radius 2 is 1.73 bits per heavy atom. The molecule has 0 aliphatic carbocycles. The lowest BCUT2D eigenvalue weighted by Crippen LogP contribution is -2.36. The van der Waals surface area contributed by atoms with Crippen molar-refractivity contribution in [2.24, 2.45) is 0 Å². The van der Waals surface area contributed by atoms with Crippen LogP contribution in [0.4, 0.5) is 9.59 Å². The summed E-state index contributed by atoms with van der Waals surface area (Å²) in [5.74, 6) is 0. The van der Waals surface area contributed by atoms with Crippen molar-refractivity contribution in [2.45, 2.75) is 58.8 Å². The monoisotopic (exact) mass is 448 g/mol. The first-order valence-electron chi connectivity index (χ1n) is 11.6. The molecule has 2 aromatic rings. The summed E-state index contributed by atoms with van der Waals surface area (Å²) in [5.41, 5.74) is 5.12. The average Bonchev–Trinajstić information content (AvgIpc) is 2.81. The van der Waals surface area contributed by atoms with E-state index in [2.05, 4.69) is 18.2 Å². The summed E-state index contributed by atoms with van der Waals surface area (Å²) >= 11 is 0. The minimum absolute atomic E-state index is 0.281. The maximum absolute atomic E-state index is 12.5. The summed E-state index contributed by atoms with van der Waals surface area (Å²) in [6.07, 6.45) is 3.96. The molecule has 2 aliphatic heterocycles. The average molecular weight is 449 g/mol. The largest absolute Gasteiger partial charge is 0.445 e. The SMILES string of the molecule is CC(C)(C)OC(=O)N1C=C(c2ccc3c(c2)CCN(C(=O)OCc2ccccc2)C3)CCC1. The molecular weight excluding hydrogens is 416 g/mol. The van der Waals surface area contributed by atoms with Gasteiger partial charge in [0.15, 0.2) is 0 Å². The maximum Gasteiger partial charge on any atom is 0.414 e. The summed E-state index contributed by atoms with van der Waals surface area (Å²) in [7, 11) is 0. The fourth-order valence-electron chi connectivity index (χ4n) is 4.16. The molecule has 6 nitrogen and oxygen atoms in total. The van der Waals surface area contributed by atoms with E-state index in [1.807, 2.05) is 57.3 Å². The third-order valence-electron chi connectivity index (χ3n) is 5.84. The van der Waals surface area contributed by atoms with Crippen molar-refractivity contribution in [2.75, 3.05) is 13.1 Å². The van der Waals surface area contributed by atoms with Gasteiger partial charge in [-0.3, -0.25) is 4.90 Å². The van der Waals surface area contributed by atoms with Crippen LogP contribution in [0.5, 0.6) is 0 Å². The minimum Gasteiger partial charge on any atom is -0.445 e. The maximum atomic E-state index is 12.5. The Kier molecular flexibility index (Phi) is 6.72. The summed E-state index contributed by atoms with van der Waals surface area (Å²) in [6, 6.07) is 16.1. The van der Waals surface area contributed by atoms with Gasteiger partial charge in [-0.2, -0.15) is 0 Å². The molecule has 174 valence electrons. The standard InChI is InChI=1S/C27H32N2O4/c1-27(2,3)33-26(31)28-14-7-10-23(17-28)21-11-12-24-18-29(15-13-22(24)16-21)25(30)32-19-20-8-5-4-6-9-20/h4-6,8-9,11-12,16-17H,7,10,13-15,18-19H2,1-3H3. The molecule has 2 aliphatic rings. The molecule has 6 heteroatoms. The second-order valence-corrected chi connectivity index (χ2v) is 9.63. The van der Waals surface area contributed by atoms with Gasteiger partial charge in [0, 0.05) is 25.8 Å². The van der Waals surface area contributed by atoms with Crippen molar-refractivity contribution in [3.63, 3.8) is 0 Å². The Morgan fingerprint density at radius 3 is 2.48 bits per heavy atom. The van der Waals surface area contributed by atoms with Crippen LogP contribution in [-0.2, 0) is 29.0 Å². The minimum atomic E-state index is -0.511. The van der Waals surface area contributed by atoms with Crippen molar-refractivity contribution >= 4 is 17.8 Å². The number of carbonyl (C=O) groups is 2. The van der Waals surface area contributed by atoms with E-state index in [1.165, 1.54) is 5.56 Å². The van der Waals surface area contributed by atoms with E-state index in [1.54, 1.807) is 9.80 Å². The van der Waals surface area contributed by atoms with Crippen LogP contribution in [-0.4, -0.2) is 40.7 Å². The molecule has 0 fully saturated rings. The fraction of sp³-hybridized carbons (Fsp3) is 0.407. The molecular formula is C27H32N2O4. The molecule has 0 saturated carbocycles. The second-order valence-electron chi connectivity index (χ2n) is 9.63. The number of ether oxygens (including phenoxy) is 2. The number of fused-ring (bicyclic) bond motifs is 1. The highest BCUT2D eigenvalue weighted by atomic mass is 16.6.